The average molecular weight is 245 g/mol. The van der Waals surface area contributed by atoms with Crippen LogP contribution in [-0.2, 0) is 14.9 Å². The fourth-order valence-electron chi connectivity index (χ4n) is 0.939. The second kappa shape index (κ2) is 9.59. The Kier molecular flexibility index (Phi) is 11.4. The van der Waals surface area contributed by atoms with E-state index in [1.165, 1.54) is 0 Å². The van der Waals surface area contributed by atoms with Gasteiger partial charge in [0.1, 0.15) is 0 Å². The first-order valence-corrected chi connectivity index (χ1v) is 6.23. The molecule has 0 aromatic heterocycles. The van der Waals surface area contributed by atoms with Crippen molar-refractivity contribution in [2.45, 2.75) is 32.6 Å². The molecule has 0 aliphatic carbocycles. The standard InChI is InChI=1S/C8H17NO4S.Na/c1-2-3-4-5-8(10)9-6-7-14(11,12)13;/h2-7H2,1H3,(H,9,10)(H,11,12,13);/q;+1/p-1. The van der Waals surface area contributed by atoms with Gasteiger partial charge in [-0.3, -0.25) is 4.79 Å². The maximum absolute atomic E-state index is 11.0. The molecule has 1 amide bonds. The first-order chi connectivity index (χ1) is 6.45. The van der Waals surface area contributed by atoms with Crippen LogP contribution in [0.15, 0.2) is 0 Å². The number of nitrogens with one attached hydrogen (secondary N) is 1. The van der Waals surface area contributed by atoms with Crippen molar-refractivity contribution >= 4 is 16.0 Å². The molecule has 0 aromatic rings. The Hall–Kier alpha value is 0.380. The van der Waals surface area contributed by atoms with Crippen molar-refractivity contribution in [2.24, 2.45) is 0 Å². The molecule has 0 spiro atoms. The first-order valence-electron chi connectivity index (χ1n) is 4.66. The summed E-state index contributed by atoms with van der Waals surface area (Å²) in [6.45, 7) is 1.94. The molecule has 0 unspecified atom stereocenters. The van der Waals surface area contributed by atoms with Gasteiger partial charge in [-0.05, 0) is 6.42 Å². The molecule has 0 atom stereocenters. The predicted octanol–water partition coefficient (Wildman–Crippen LogP) is -2.77. The van der Waals surface area contributed by atoms with Crippen LogP contribution >= 0.6 is 0 Å². The molecular formula is C8H16NNaO4S. The van der Waals surface area contributed by atoms with Crippen LogP contribution in [0.4, 0.5) is 0 Å². The van der Waals surface area contributed by atoms with Crippen molar-refractivity contribution in [3.05, 3.63) is 0 Å². The number of unbranched alkanes of at least 4 members (excludes halogenated alkanes) is 2. The molecular weight excluding hydrogens is 229 g/mol. The van der Waals surface area contributed by atoms with Gasteiger partial charge in [-0.25, -0.2) is 8.42 Å². The monoisotopic (exact) mass is 245 g/mol. The molecule has 0 aliphatic rings. The predicted molar refractivity (Wildman–Crippen MR) is 51.7 cm³/mol. The van der Waals surface area contributed by atoms with Crippen LogP contribution in [0.2, 0.25) is 0 Å². The van der Waals surface area contributed by atoms with Crippen LogP contribution in [0.25, 0.3) is 0 Å². The Labute approximate surface area is 113 Å². The van der Waals surface area contributed by atoms with Crippen LogP contribution in [-0.4, -0.2) is 31.2 Å². The smallest absolute Gasteiger partial charge is 0.748 e. The van der Waals surface area contributed by atoms with E-state index in [0.29, 0.717) is 6.42 Å². The van der Waals surface area contributed by atoms with Gasteiger partial charge in [0, 0.05) is 13.0 Å². The van der Waals surface area contributed by atoms with Crippen molar-refractivity contribution in [3.63, 3.8) is 0 Å². The number of rotatable bonds is 7. The normalized spacial score (nSPS) is 10.5. The van der Waals surface area contributed by atoms with E-state index in [0.717, 1.165) is 19.3 Å². The van der Waals surface area contributed by atoms with Gasteiger partial charge in [0.15, 0.2) is 0 Å². The topological polar surface area (TPSA) is 86.3 Å². The minimum atomic E-state index is -4.21. The van der Waals surface area contributed by atoms with Gasteiger partial charge in [-0.1, -0.05) is 19.8 Å². The van der Waals surface area contributed by atoms with E-state index in [9.17, 15) is 17.8 Å². The van der Waals surface area contributed by atoms with E-state index in [-0.39, 0.29) is 42.0 Å². The van der Waals surface area contributed by atoms with Gasteiger partial charge < -0.3 is 9.87 Å². The summed E-state index contributed by atoms with van der Waals surface area (Å²) in [6, 6.07) is 0. The fraction of sp³-hybridized carbons (Fsp3) is 0.875. The minimum Gasteiger partial charge on any atom is -0.748 e. The summed E-state index contributed by atoms with van der Waals surface area (Å²) in [5.41, 5.74) is 0. The third kappa shape index (κ3) is 14.4. The third-order valence-corrected chi connectivity index (χ3v) is 2.39. The molecule has 0 saturated heterocycles. The maximum Gasteiger partial charge on any atom is 1.00 e. The molecule has 0 heterocycles. The molecule has 84 valence electrons. The summed E-state index contributed by atoms with van der Waals surface area (Å²) < 4.78 is 30.5. The zero-order chi connectivity index (χ0) is 11.0. The maximum atomic E-state index is 11.0. The largest absolute Gasteiger partial charge is 1.00 e. The van der Waals surface area contributed by atoms with E-state index >= 15 is 0 Å². The zero-order valence-electron chi connectivity index (χ0n) is 9.28. The number of carbonyl (C=O) groups excluding carboxylic acids is 1. The second-order valence-electron chi connectivity index (χ2n) is 3.07. The van der Waals surface area contributed by atoms with E-state index < -0.39 is 15.9 Å². The average Bonchev–Trinajstić information content (AvgIpc) is 2.02. The number of carbonyl (C=O) groups is 1. The van der Waals surface area contributed by atoms with Crippen LogP contribution in [0.3, 0.4) is 0 Å². The molecule has 0 saturated carbocycles. The van der Waals surface area contributed by atoms with E-state index in [4.69, 9.17) is 0 Å². The van der Waals surface area contributed by atoms with Crippen LogP contribution in [0.5, 0.6) is 0 Å². The fourth-order valence-corrected chi connectivity index (χ4v) is 1.29. The van der Waals surface area contributed by atoms with Crippen molar-refractivity contribution in [2.75, 3.05) is 12.3 Å². The van der Waals surface area contributed by atoms with Crippen molar-refractivity contribution in [3.8, 4) is 0 Å². The number of hydrogen-bond donors (Lipinski definition) is 1. The van der Waals surface area contributed by atoms with Crippen molar-refractivity contribution < 1.29 is 47.3 Å². The second-order valence-corrected chi connectivity index (χ2v) is 4.59. The zero-order valence-corrected chi connectivity index (χ0v) is 12.1. The molecule has 5 nitrogen and oxygen atoms in total. The first kappa shape index (κ1) is 17.8. The Morgan fingerprint density at radius 1 is 1.33 bits per heavy atom. The van der Waals surface area contributed by atoms with E-state index in [1.54, 1.807) is 0 Å². The third-order valence-electron chi connectivity index (χ3n) is 1.68. The number of hydrogen-bond acceptors (Lipinski definition) is 4. The van der Waals surface area contributed by atoms with Gasteiger partial charge in [-0.2, -0.15) is 0 Å². The SMILES string of the molecule is CCCCCC(=O)NCCS(=O)(=O)[O-].[Na+]. The van der Waals surface area contributed by atoms with Gasteiger partial charge in [0.05, 0.1) is 15.9 Å². The van der Waals surface area contributed by atoms with Crippen molar-refractivity contribution in [1.29, 1.82) is 0 Å². The molecule has 0 fully saturated rings. The minimum absolute atomic E-state index is 0. The van der Waals surface area contributed by atoms with E-state index in [2.05, 4.69) is 5.32 Å². The molecule has 0 rings (SSSR count). The summed E-state index contributed by atoms with van der Waals surface area (Å²) in [7, 11) is -4.21. The summed E-state index contributed by atoms with van der Waals surface area (Å²) >= 11 is 0. The van der Waals surface area contributed by atoms with Crippen LogP contribution in [0, 0.1) is 0 Å². The summed E-state index contributed by atoms with van der Waals surface area (Å²) in [5, 5.41) is 2.38. The summed E-state index contributed by atoms with van der Waals surface area (Å²) in [6.07, 6.45) is 3.20. The Morgan fingerprint density at radius 2 is 1.93 bits per heavy atom. The molecule has 15 heavy (non-hydrogen) atoms. The summed E-state index contributed by atoms with van der Waals surface area (Å²) in [5.74, 6) is -0.728. The Bertz CT molecular complexity index is 266. The molecule has 7 heteroatoms. The molecule has 0 aromatic carbocycles. The van der Waals surface area contributed by atoms with Crippen LogP contribution in [0.1, 0.15) is 32.6 Å². The Balaban J connectivity index is 0. The Morgan fingerprint density at radius 3 is 2.40 bits per heavy atom. The summed E-state index contributed by atoms with van der Waals surface area (Å²) in [4.78, 5) is 11.0. The van der Waals surface area contributed by atoms with Gasteiger partial charge in [0.2, 0.25) is 5.91 Å². The molecule has 0 aliphatic heterocycles. The number of amides is 1. The molecule has 1 N–H and O–H groups in total. The van der Waals surface area contributed by atoms with Gasteiger partial charge in [-0.15, -0.1) is 0 Å². The van der Waals surface area contributed by atoms with Crippen LogP contribution < -0.4 is 34.9 Å². The van der Waals surface area contributed by atoms with Gasteiger partial charge >= 0.3 is 29.6 Å². The van der Waals surface area contributed by atoms with E-state index in [1.807, 2.05) is 6.92 Å². The quantitative estimate of drug-likeness (QED) is 0.299. The van der Waals surface area contributed by atoms with Crippen molar-refractivity contribution in [1.82, 2.24) is 5.32 Å². The molecule has 0 radical (unpaired) electrons. The molecule has 0 bridgehead atoms. The van der Waals surface area contributed by atoms with Gasteiger partial charge in [0.25, 0.3) is 0 Å².